The maximum atomic E-state index is 12.1. The molecule has 0 spiro atoms. The van der Waals surface area contributed by atoms with Gasteiger partial charge in [-0.05, 0) is 31.9 Å². The lowest BCUT2D eigenvalue weighted by Crippen LogP contribution is -2.23. The highest BCUT2D eigenvalue weighted by molar-refractivity contribution is 5.83. The van der Waals surface area contributed by atoms with Gasteiger partial charge in [-0.15, -0.1) is 0 Å². The molecule has 1 fully saturated rings. The van der Waals surface area contributed by atoms with Crippen LogP contribution in [0, 0.1) is 12.8 Å². The predicted octanol–water partition coefficient (Wildman–Crippen LogP) is 1.93. The van der Waals surface area contributed by atoms with Gasteiger partial charge in [0.15, 0.2) is 0 Å². The molecule has 16 heavy (non-hydrogen) atoms. The number of carbonyl (C=O) groups excluding carboxylic acids is 1. The highest BCUT2D eigenvalue weighted by Gasteiger charge is 2.30. The average Bonchev–Trinajstić information content (AvgIpc) is 2.68. The summed E-state index contributed by atoms with van der Waals surface area (Å²) in [6.45, 7) is 4.67. The number of hydrogen-bond donors (Lipinski definition) is 0. The van der Waals surface area contributed by atoms with Gasteiger partial charge in [0.25, 0.3) is 0 Å². The molecule has 0 saturated carbocycles. The summed E-state index contributed by atoms with van der Waals surface area (Å²) in [7, 11) is 0. The molecule has 1 aromatic heterocycles. The molecule has 86 valence electrons. The number of ketones is 1. The number of ether oxygens (including phenoxy) is 1. The van der Waals surface area contributed by atoms with Gasteiger partial charge in [0, 0.05) is 25.1 Å². The Morgan fingerprint density at radius 2 is 2.44 bits per heavy atom. The Bertz CT molecular complexity index is 389. The molecule has 2 unspecified atom stereocenters. The second-order valence-electron chi connectivity index (χ2n) is 4.38. The number of pyridine rings is 1. The maximum Gasteiger partial charge on any atom is 0.144 e. The number of carbonyl (C=O) groups is 1. The lowest BCUT2D eigenvalue weighted by Gasteiger charge is -2.12. The number of rotatable bonds is 3. The van der Waals surface area contributed by atoms with Crippen LogP contribution in [-0.4, -0.2) is 23.5 Å². The van der Waals surface area contributed by atoms with Crippen molar-refractivity contribution in [3.8, 4) is 0 Å². The van der Waals surface area contributed by atoms with E-state index in [9.17, 15) is 4.79 Å². The molecule has 0 N–H and O–H groups in total. The minimum absolute atomic E-state index is 0.0569. The van der Waals surface area contributed by atoms with Gasteiger partial charge >= 0.3 is 0 Å². The summed E-state index contributed by atoms with van der Waals surface area (Å²) >= 11 is 0. The molecule has 1 aliphatic rings. The van der Waals surface area contributed by atoms with Crippen molar-refractivity contribution in [2.75, 3.05) is 6.61 Å². The third-order valence-electron chi connectivity index (χ3n) is 3.25. The first-order chi connectivity index (χ1) is 7.68. The Labute approximate surface area is 95.8 Å². The van der Waals surface area contributed by atoms with Gasteiger partial charge in [0.05, 0.1) is 11.8 Å². The first-order valence-electron chi connectivity index (χ1n) is 5.73. The number of Topliss-reactive ketones (excluding diaryl/α,β-unsaturated/α-hetero) is 1. The Morgan fingerprint density at radius 1 is 1.62 bits per heavy atom. The molecule has 2 rings (SSSR count). The predicted molar refractivity (Wildman–Crippen MR) is 61.2 cm³/mol. The molecule has 3 heteroatoms. The second-order valence-corrected chi connectivity index (χ2v) is 4.38. The molecule has 2 heterocycles. The van der Waals surface area contributed by atoms with Crippen molar-refractivity contribution in [2.45, 2.75) is 32.8 Å². The van der Waals surface area contributed by atoms with Gasteiger partial charge < -0.3 is 4.74 Å². The summed E-state index contributed by atoms with van der Waals surface area (Å²) in [5.41, 5.74) is 1.98. The van der Waals surface area contributed by atoms with E-state index in [-0.39, 0.29) is 17.8 Å². The Kier molecular flexibility index (Phi) is 3.34. The first-order valence-corrected chi connectivity index (χ1v) is 5.73. The number of nitrogens with zero attached hydrogens (tertiary/aromatic N) is 1. The lowest BCUT2D eigenvalue weighted by atomic mass is 9.93. The van der Waals surface area contributed by atoms with Crippen molar-refractivity contribution in [3.05, 3.63) is 29.6 Å². The van der Waals surface area contributed by atoms with E-state index < -0.39 is 0 Å². The fourth-order valence-electron chi connectivity index (χ4n) is 2.15. The van der Waals surface area contributed by atoms with E-state index in [1.54, 1.807) is 6.20 Å². The van der Waals surface area contributed by atoms with Crippen molar-refractivity contribution in [3.63, 3.8) is 0 Å². The van der Waals surface area contributed by atoms with Crippen molar-refractivity contribution < 1.29 is 9.53 Å². The van der Waals surface area contributed by atoms with Crippen LogP contribution in [0.25, 0.3) is 0 Å². The molecule has 0 bridgehead atoms. The summed E-state index contributed by atoms with van der Waals surface area (Å²) in [6, 6.07) is 3.88. The smallest absolute Gasteiger partial charge is 0.144 e. The van der Waals surface area contributed by atoms with Crippen LogP contribution in [0.4, 0.5) is 0 Å². The van der Waals surface area contributed by atoms with Crippen LogP contribution in [0.15, 0.2) is 18.3 Å². The van der Waals surface area contributed by atoms with Crippen molar-refractivity contribution >= 4 is 5.78 Å². The Balaban J connectivity index is 2.05. The molecule has 0 aromatic carbocycles. The lowest BCUT2D eigenvalue weighted by molar-refractivity contribution is -0.123. The minimum Gasteiger partial charge on any atom is -0.378 e. The Hall–Kier alpha value is -1.22. The molecular weight excluding hydrogens is 202 g/mol. The molecule has 1 aliphatic heterocycles. The van der Waals surface area contributed by atoms with Gasteiger partial charge in [0.2, 0.25) is 0 Å². The van der Waals surface area contributed by atoms with E-state index in [0.29, 0.717) is 13.0 Å². The van der Waals surface area contributed by atoms with Crippen LogP contribution in [0.3, 0.4) is 0 Å². The number of aryl methyl sites for hydroxylation is 1. The van der Waals surface area contributed by atoms with Crippen LogP contribution in [0.5, 0.6) is 0 Å². The van der Waals surface area contributed by atoms with E-state index in [4.69, 9.17) is 4.74 Å². The molecule has 1 aromatic rings. The van der Waals surface area contributed by atoms with E-state index in [0.717, 1.165) is 17.7 Å². The van der Waals surface area contributed by atoms with Crippen molar-refractivity contribution in [2.24, 2.45) is 5.92 Å². The van der Waals surface area contributed by atoms with Crippen molar-refractivity contribution in [1.82, 2.24) is 4.98 Å². The van der Waals surface area contributed by atoms with Crippen LogP contribution in [0.1, 0.15) is 24.6 Å². The van der Waals surface area contributed by atoms with Gasteiger partial charge in [-0.1, -0.05) is 6.07 Å². The number of hydrogen-bond acceptors (Lipinski definition) is 3. The molecule has 0 aliphatic carbocycles. The van der Waals surface area contributed by atoms with Gasteiger partial charge in [0.1, 0.15) is 5.78 Å². The zero-order valence-corrected chi connectivity index (χ0v) is 9.77. The third kappa shape index (κ3) is 2.30. The standard InChI is InChI=1S/C13H17NO2/c1-9-4-3-6-14-12(9)8-13(15)11-5-7-16-10(11)2/h3-4,6,10-11H,5,7-8H2,1-2H3. The maximum absolute atomic E-state index is 12.1. The second kappa shape index (κ2) is 4.74. The highest BCUT2D eigenvalue weighted by atomic mass is 16.5. The minimum atomic E-state index is 0.0569. The molecule has 0 radical (unpaired) electrons. The van der Waals surface area contributed by atoms with E-state index >= 15 is 0 Å². The van der Waals surface area contributed by atoms with Crippen LogP contribution in [0.2, 0.25) is 0 Å². The monoisotopic (exact) mass is 219 g/mol. The molecule has 2 atom stereocenters. The normalized spacial score (nSPS) is 24.6. The quantitative estimate of drug-likeness (QED) is 0.779. The third-order valence-corrected chi connectivity index (χ3v) is 3.25. The SMILES string of the molecule is Cc1cccnc1CC(=O)C1CCOC1C. The molecular formula is C13H17NO2. The molecule has 1 saturated heterocycles. The van der Waals surface area contributed by atoms with Crippen LogP contribution < -0.4 is 0 Å². The fourth-order valence-corrected chi connectivity index (χ4v) is 2.15. The Morgan fingerprint density at radius 3 is 3.06 bits per heavy atom. The van der Waals surface area contributed by atoms with Gasteiger partial charge in [-0.3, -0.25) is 9.78 Å². The van der Waals surface area contributed by atoms with Gasteiger partial charge in [-0.25, -0.2) is 0 Å². The number of aromatic nitrogens is 1. The van der Waals surface area contributed by atoms with Crippen LogP contribution in [-0.2, 0) is 16.0 Å². The summed E-state index contributed by atoms with van der Waals surface area (Å²) in [5, 5.41) is 0. The van der Waals surface area contributed by atoms with E-state index in [1.165, 1.54) is 0 Å². The largest absolute Gasteiger partial charge is 0.378 e. The van der Waals surface area contributed by atoms with Gasteiger partial charge in [-0.2, -0.15) is 0 Å². The summed E-state index contributed by atoms with van der Waals surface area (Å²) in [4.78, 5) is 16.3. The average molecular weight is 219 g/mol. The molecule has 0 amide bonds. The fraction of sp³-hybridized carbons (Fsp3) is 0.538. The van der Waals surface area contributed by atoms with E-state index in [2.05, 4.69) is 4.98 Å². The van der Waals surface area contributed by atoms with E-state index in [1.807, 2.05) is 26.0 Å². The summed E-state index contributed by atoms with van der Waals surface area (Å²) in [6.07, 6.45) is 3.10. The topological polar surface area (TPSA) is 39.2 Å². The zero-order valence-electron chi connectivity index (χ0n) is 9.77. The van der Waals surface area contributed by atoms with Crippen LogP contribution >= 0.6 is 0 Å². The molecule has 3 nitrogen and oxygen atoms in total. The summed E-state index contributed by atoms with van der Waals surface area (Å²) < 4.78 is 5.41. The first kappa shape index (κ1) is 11.3. The zero-order chi connectivity index (χ0) is 11.5. The summed E-state index contributed by atoms with van der Waals surface area (Å²) in [5.74, 6) is 0.313. The van der Waals surface area contributed by atoms with Crippen molar-refractivity contribution in [1.29, 1.82) is 0 Å². The highest BCUT2D eigenvalue weighted by Crippen LogP contribution is 2.22.